The van der Waals surface area contributed by atoms with Crippen LogP contribution in [0.4, 0.5) is 4.79 Å². The summed E-state index contributed by atoms with van der Waals surface area (Å²) in [5.74, 6) is 1.06. The van der Waals surface area contributed by atoms with Gasteiger partial charge in [-0.05, 0) is 31.1 Å². The Morgan fingerprint density at radius 1 is 1.05 bits per heavy atom. The average molecular weight is 295 g/mol. The third-order valence-electron chi connectivity index (χ3n) is 4.51. The molecule has 2 fully saturated rings. The predicted octanol–water partition coefficient (Wildman–Crippen LogP) is 2.12. The number of piperidine rings is 1. The molecule has 2 atom stereocenters. The van der Waals surface area contributed by atoms with E-state index >= 15 is 0 Å². The van der Waals surface area contributed by atoms with Crippen molar-refractivity contribution in [2.45, 2.75) is 58.4 Å². The Morgan fingerprint density at radius 2 is 1.67 bits per heavy atom. The zero-order valence-corrected chi connectivity index (χ0v) is 13.4. The number of urea groups is 1. The average Bonchev–Trinajstić information content (AvgIpc) is 2.37. The lowest BCUT2D eigenvalue weighted by Crippen LogP contribution is -2.49. The molecule has 0 aromatic carbocycles. The molecule has 0 bridgehead atoms. The molecule has 1 aliphatic heterocycles. The second-order valence-electron chi connectivity index (χ2n) is 7.00. The highest BCUT2D eigenvalue weighted by Crippen LogP contribution is 2.20. The first-order valence-electron chi connectivity index (χ1n) is 8.35. The maximum Gasteiger partial charge on any atom is 0.321 e. The molecular formula is C16H29N3O2. The number of amides is 3. The van der Waals surface area contributed by atoms with Crippen molar-refractivity contribution < 1.29 is 9.59 Å². The summed E-state index contributed by atoms with van der Waals surface area (Å²) >= 11 is 0. The van der Waals surface area contributed by atoms with Crippen LogP contribution in [0.3, 0.4) is 0 Å². The van der Waals surface area contributed by atoms with Gasteiger partial charge in [0.05, 0.1) is 6.54 Å². The van der Waals surface area contributed by atoms with Crippen LogP contribution in [0.2, 0.25) is 0 Å². The van der Waals surface area contributed by atoms with Crippen LogP contribution < -0.4 is 10.6 Å². The van der Waals surface area contributed by atoms with E-state index in [1.165, 1.54) is 25.7 Å². The fourth-order valence-electron chi connectivity index (χ4n) is 3.76. The van der Waals surface area contributed by atoms with Crippen molar-refractivity contribution in [3.05, 3.63) is 0 Å². The molecule has 1 aliphatic carbocycles. The quantitative estimate of drug-likeness (QED) is 0.838. The second kappa shape index (κ2) is 7.78. The molecule has 0 radical (unpaired) electrons. The van der Waals surface area contributed by atoms with Crippen molar-refractivity contribution in [3.8, 4) is 0 Å². The number of hydrogen-bond donors (Lipinski definition) is 2. The zero-order chi connectivity index (χ0) is 15.2. The summed E-state index contributed by atoms with van der Waals surface area (Å²) < 4.78 is 0. The minimum Gasteiger partial charge on any atom is -0.335 e. The van der Waals surface area contributed by atoms with Gasteiger partial charge >= 0.3 is 6.03 Å². The van der Waals surface area contributed by atoms with Gasteiger partial charge in [0.2, 0.25) is 5.91 Å². The smallest absolute Gasteiger partial charge is 0.321 e. The summed E-state index contributed by atoms with van der Waals surface area (Å²) in [6, 6.07) is -0.0911. The van der Waals surface area contributed by atoms with Gasteiger partial charge in [-0.2, -0.15) is 0 Å². The molecule has 3 amide bonds. The number of nitrogens with one attached hydrogen (secondary N) is 2. The maximum absolute atomic E-state index is 12.0. The van der Waals surface area contributed by atoms with E-state index in [9.17, 15) is 9.59 Å². The van der Waals surface area contributed by atoms with E-state index in [1.54, 1.807) is 0 Å². The van der Waals surface area contributed by atoms with E-state index in [1.807, 2.05) is 0 Å². The highest BCUT2D eigenvalue weighted by molar-refractivity contribution is 5.95. The summed E-state index contributed by atoms with van der Waals surface area (Å²) in [4.78, 5) is 25.9. The Labute approximate surface area is 127 Å². The number of rotatable bonds is 3. The molecule has 0 aromatic heterocycles. The van der Waals surface area contributed by atoms with Crippen LogP contribution in [0, 0.1) is 11.8 Å². The summed E-state index contributed by atoms with van der Waals surface area (Å²) in [5, 5.41) is 5.39. The van der Waals surface area contributed by atoms with E-state index in [-0.39, 0.29) is 18.0 Å². The van der Waals surface area contributed by atoms with Gasteiger partial charge in [-0.15, -0.1) is 0 Å². The van der Waals surface area contributed by atoms with Gasteiger partial charge in [-0.3, -0.25) is 15.0 Å². The molecular weight excluding hydrogens is 266 g/mol. The fraction of sp³-hybridized carbons (Fsp3) is 0.875. The molecule has 21 heavy (non-hydrogen) atoms. The standard InChI is InChI=1S/C16H29N3O2/c1-12-8-13(2)10-19(9-12)11-15(20)18-16(21)17-14-6-4-3-5-7-14/h12-14H,3-11H2,1-2H3,(H2,17,18,20,21)/t12-,13-/m0/s1. The summed E-state index contributed by atoms with van der Waals surface area (Å²) in [7, 11) is 0. The van der Waals surface area contributed by atoms with Crippen molar-refractivity contribution in [1.29, 1.82) is 0 Å². The van der Waals surface area contributed by atoms with Crippen LogP contribution >= 0.6 is 0 Å². The monoisotopic (exact) mass is 295 g/mol. The Hall–Kier alpha value is -1.10. The third-order valence-corrected chi connectivity index (χ3v) is 4.51. The normalized spacial score (nSPS) is 28.1. The summed E-state index contributed by atoms with van der Waals surface area (Å²) in [6.45, 7) is 6.66. The van der Waals surface area contributed by atoms with Crippen LogP contribution in [0.25, 0.3) is 0 Å². The molecule has 2 aliphatic rings. The molecule has 120 valence electrons. The fourth-order valence-corrected chi connectivity index (χ4v) is 3.76. The summed E-state index contributed by atoms with van der Waals surface area (Å²) in [6.07, 6.45) is 6.88. The van der Waals surface area contributed by atoms with Crippen molar-refractivity contribution in [2.24, 2.45) is 11.8 Å². The first-order valence-corrected chi connectivity index (χ1v) is 8.35. The van der Waals surface area contributed by atoms with E-state index < -0.39 is 0 Å². The van der Waals surface area contributed by atoms with E-state index in [2.05, 4.69) is 29.4 Å². The van der Waals surface area contributed by atoms with Crippen molar-refractivity contribution in [3.63, 3.8) is 0 Å². The van der Waals surface area contributed by atoms with Gasteiger partial charge in [0, 0.05) is 19.1 Å². The molecule has 0 unspecified atom stereocenters. The first kappa shape index (κ1) is 16.3. The Kier molecular flexibility index (Phi) is 6.03. The van der Waals surface area contributed by atoms with Gasteiger partial charge < -0.3 is 5.32 Å². The number of likely N-dealkylation sites (tertiary alicyclic amines) is 1. The Bertz CT molecular complexity index is 357. The first-order chi connectivity index (χ1) is 10.0. The van der Waals surface area contributed by atoms with Gasteiger partial charge in [0.15, 0.2) is 0 Å². The molecule has 2 rings (SSSR count). The maximum atomic E-state index is 12.0. The van der Waals surface area contributed by atoms with Crippen LogP contribution in [-0.2, 0) is 4.79 Å². The Morgan fingerprint density at radius 3 is 2.29 bits per heavy atom. The van der Waals surface area contributed by atoms with Gasteiger partial charge in [-0.25, -0.2) is 4.79 Å². The zero-order valence-electron chi connectivity index (χ0n) is 13.4. The van der Waals surface area contributed by atoms with E-state index in [4.69, 9.17) is 0 Å². The lowest BCUT2D eigenvalue weighted by molar-refractivity contribution is -0.121. The van der Waals surface area contributed by atoms with Gasteiger partial charge in [0.25, 0.3) is 0 Å². The summed E-state index contributed by atoms with van der Waals surface area (Å²) in [5.41, 5.74) is 0. The van der Waals surface area contributed by atoms with Crippen LogP contribution in [0.15, 0.2) is 0 Å². The molecule has 0 aromatic rings. The molecule has 1 heterocycles. The Balaban J connectivity index is 1.69. The molecule has 1 saturated heterocycles. The minimum atomic E-state index is -0.329. The van der Waals surface area contributed by atoms with Crippen molar-refractivity contribution in [1.82, 2.24) is 15.5 Å². The number of imide groups is 1. The van der Waals surface area contributed by atoms with Gasteiger partial charge in [-0.1, -0.05) is 33.1 Å². The molecule has 1 saturated carbocycles. The van der Waals surface area contributed by atoms with Crippen LogP contribution in [0.1, 0.15) is 52.4 Å². The highest BCUT2D eigenvalue weighted by atomic mass is 16.2. The molecule has 5 nitrogen and oxygen atoms in total. The lowest BCUT2D eigenvalue weighted by Gasteiger charge is -2.34. The third kappa shape index (κ3) is 5.65. The highest BCUT2D eigenvalue weighted by Gasteiger charge is 2.24. The molecule has 2 N–H and O–H groups in total. The van der Waals surface area contributed by atoms with E-state index in [0.717, 1.165) is 25.9 Å². The van der Waals surface area contributed by atoms with Crippen molar-refractivity contribution >= 4 is 11.9 Å². The molecule has 5 heteroatoms. The largest absolute Gasteiger partial charge is 0.335 e. The lowest BCUT2D eigenvalue weighted by atomic mass is 9.92. The predicted molar refractivity (Wildman–Crippen MR) is 82.9 cm³/mol. The number of carbonyl (C=O) groups is 2. The topological polar surface area (TPSA) is 61.4 Å². The second-order valence-corrected chi connectivity index (χ2v) is 7.00. The minimum absolute atomic E-state index is 0.190. The number of nitrogens with zero attached hydrogens (tertiary/aromatic N) is 1. The van der Waals surface area contributed by atoms with Crippen molar-refractivity contribution in [2.75, 3.05) is 19.6 Å². The molecule has 0 spiro atoms. The van der Waals surface area contributed by atoms with Gasteiger partial charge in [0.1, 0.15) is 0 Å². The number of carbonyl (C=O) groups excluding carboxylic acids is 2. The number of hydrogen-bond acceptors (Lipinski definition) is 3. The van der Waals surface area contributed by atoms with E-state index in [0.29, 0.717) is 18.4 Å². The SMILES string of the molecule is C[C@H]1C[C@H](C)CN(CC(=O)NC(=O)NC2CCCCC2)C1. The van der Waals surface area contributed by atoms with Crippen LogP contribution in [0.5, 0.6) is 0 Å². The van der Waals surface area contributed by atoms with Crippen LogP contribution in [-0.4, -0.2) is 42.5 Å².